The Kier molecular flexibility index (Phi) is 5.60. The molecule has 0 bridgehead atoms. The van der Waals surface area contributed by atoms with E-state index in [1.807, 2.05) is 6.07 Å². The molecule has 2 aromatic rings. The molecular weight excluding hydrogens is 302 g/mol. The maximum atomic E-state index is 5.58. The van der Waals surface area contributed by atoms with Crippen LogP contribution in [0.5, 0.6) is 0 Å². The Morgan fingerprint density at radius 3 is 2.50 bits per heavy atom. The van der Waals surface area contributed by atoms with Crippen molar-refractivity contribution in [3.8, 4) is 0 Å². The standard InChI is InChI=1S/C18H27N5O/c1-21(2)16(13-15-7-5-4-6-8-15)18-19-17(20-24-18)14-23-11-9-22(3)10-12-23/h4-8,16H,9-14H2,1-3H3/t16-/m0/s1. The van der Waals surface area contributed by atoms with Gasteiger partial charge < -0.3 is 9.42 Å². The minimum Gasteiger partial charge on any atom is -0.338 e. The van der Waals surface area contributed by atoms with Crippen LogP contribution in [-0.4, -0.2) is 72.2 Å². The minimum atomic E-state index is 0.0983. The van der Waals surface area contributed by atoms with Crippen molar-refractivity contribution >= 4 is 0 Å². The molecule has 24 heavy (non-hydrogen) atoms. The highest BCUT2D eigenvalue weighted by atomic mass is 16.5. The van der Waals surface area contributed by atoms with Crippen molar-refractivity contribution in [2.75, 3.05) is 47.3 Å². The Morgan fingerprint density at radius 1 is 1.12 bits per heavy atom. The zero-order chi connectivity index (χ0) is 16.9. The zero-order valence-corrected chi connectivity index (χ0v) is 14.9. The fourth-order valence-corrected chi connectivity index (χ4v) is 3.00. The fourth-order valence-electron chi connectivity index (χ4n) is 3.00. The first-order valence-corrected chi connectivity index (χ1v) is 8.55. The van der Waals surface area contributed by atoms with Crippen LogP contribution in [0.25, 0.3) is 0 Å². The Hall–Kier alpha value is -1.76. The molecule has 2 heterocycles. The monoisotopic (exact) mass is 329 g/mol. The van der Waals surface area contributed by atoms with E-state index in [0.29, 0.717) is 5.89 Å². The van der Waals surface area contributed by atoms with Crippen LogP contribution in [0.3, 0.4) is 0 Å². The van der Waals surface area contributed by atoms with E-state index in [1.54, 1.807) is 0 Å². The molecule has 3 rings (SSSR count). The molecule has 1 aromatic carbocycles. The molecule has 0 radical (unpaired) electrons. The molecule has 1 fully saturated rings. The second kappa shape index (κ2) is 7.88. The van der Waals surface area contributed by atoms with Crippen molar-refractivity contribution in [1.29, 1.82) is 0 Å². The Labute approximate surface area is 144 Å². The van der Waals surface area contributed by atoms with Gasteiger partial charge in [0.05, 0.1) is 12.6 Å². The van der Waals surface area contributed by atoms with Gasteiger partial charge in [-0.1, -0.05) is 35.5 Å². The molecule has 0 spiro atoms. The first-order chi connectivity index (χ1) is 11.6. The number of rotatable bonds is 6. The number of piperazine rings is 1. The van der Waals surface area contributed by atoms with E-state index in [0.717, 1.165) is 45.0 Å². The van der Waals surface area contributed by atoms with Crippen LogP contribution < -0.4 is 0 Å². The predicted octanol–water partition coefficient (Wildman–Crippen LogP) is 1.66. The Balaban J connectivity index is 1.65. The molecule has 1 aliphatic heterocycles. The summed E-state index contributed by atoms with van der Waals surface area (Å²) in [5, 5.41) is 4.21. The Bertz CT molecular complexity index is 619. The van der Waals surface area contributed by atoms with Gasteiger partial charge in [0.25, 0.3) is 0 Å². The molecule has 6 nitrogen and oxygen atoms in total. The van der Waals surface area contributed by atoms with Crippen molar-refractivity contribution in [2.45, 2.75) is 19.0 Å². The van der Waals surface area contributed by atoms with E-state index in [2.05, 4.69) is 70.2 Å². The summed E-state index contributed by atoms with van der Waals surface area (Å²) in [5.41, 5.74) is 1.27. The summed E-state index contributed by atoms with van der Waals surface area (Å²) in [7, 11) is 6.27. The Morgan fingerprint density at radius 2 is 1.83 bits per heavy atom. The number of aromatic nitrogens is 2. The number of nitrogens with zero attached hydrogens (tertiary/aromatic N) is 5. The van der Waals surface area contributed by atoms with Crippen LogP contribution in [0, 0.1) is 0 Å². The molecule has 0 unspecified atom stereocenters. The van der Waals surface area contributed by atoms with Gasteiger partial charge in [0, 0.05) is 26.2 Å². The molecule has 0 saturated carbocycles. The summed E-state index contributed by atoms with van der Waals surface area (Å²) in [6.45, 7) is 5.07. The molecule has 0 amide bonds. The first-order valence-electron chi connectivity index (χ1n) is 8.55. The molecule has 0 N–H and O–H groups in total. The second-order valence-electron chi connectivity index (χ2n) is 6.80. The summed E-state index contributed by atoms with van der Waals surface area (Å²) in [4.78, 5) is 11.5. The number of hydrogen-bond acceptors (Lipinski definition) is 6. The fraction of sp³-hybridized carbons (Fsp3) is 0.556. The van der Waals surface area contributed by atoms with Gasteiger partial charge in [0.1, 0.15) is 0 Å². The summed E-state index contributed by atoms with van der Waals surface area (Å²) in [5.74, 6) is 1.49. The topological polar surface area (TPSA) is 48.6 Å². The normalized spacial score (nSPS) is 18.2. The zero-order valence-electron chi connectivity index (χ0n) is 14.9. The molecule has 1 aromatic heterocycles. The van der Waals surface area contributed by atoms with E-state index in [-0.39, 0.29) is 6.04 Å². The maximum Gasteiger partial charge on any atom is 0.244 e. The number of hydrogen-bond donors (Lipinski definition) is 0. The SMILES string of the molecule is CN1CCN(Cc2noc([C@H](Cc3ccccc3)N(C)C)n2)CC1. The van der Waals surface area contributed by atoms with E-state index in [9.17, 15) is 0 Å². The van der Waals surface area contributed by atoms with Crippen LogP contribution in [0.4, 0.5) is 0 Å². The molecule has 1 saturated heterocycles. The van der Waals surface area contributed by atoms with Gasteiger partial charge in [0.15, 0.2) is 5.82 Å². The summed E-state index contributed by atoms with van der Waals surface area (Å²) in [6, 6.07) is 10.5. The molecule has 6 heteroatoms. The van der Waals surface area contributed by atoms with Gasteiger partial charge in [-0.15, -0.1) is 0 Å². The van der Waals surface area contributed by atoms with Crippen LogP contribution in [0.2, 0.25) is 0 Å². The van der Waals surface area contributed by atoms with Crippen LogP contribution in [0.15, 0.2) is 34.9 Å². The van der Waals surface area contributed by atoms with E-state index in [4.69, 9.17) is 4.52 Å². The highest BCUT2D eigenvalue weighted by Gasteiger charge is 2.23. The summed E-state index contributed by atoms with van der Waals surface area (Å²) < 4.78 is 5.58. The lowest BCUT2D eigenvalue weighted by Gasteiger charge is -2.31. The van der Waals surface area contributed by atoms with Gasteiger partial charge in [0.2, 0.25) is 5.89 Å². The lowest BCUT2D eigenvalue weighted by molar-refractivity contribution is 0.144. The van der Waals surface area contributed by atoms with Gasteiger partial charge in [-0.3, -0.25) is 9.80 Å². The largest absolute Gasteiger partial charge is 0.338 e. The van der Waals surface area contributed by atoms with E-state index >= 15 is 0 Å². The third kappa shape index (κ3) is 4.41. The molecule has 130 valence electrons. The predicted molar refractivity (Wildman–Crippen MR) is 93.6 cm³/mol. The van der Waals surface area contributed by atoms with Crippen LogP contribution in [-0.2, 0) is 13.0 Å². The second-order valence-corrected chi connectivity index (χ2v) is 6.80. The van der Waals surface area contributed by atoms with Gasteiger partial charge in [-0.25, -0.2) is 0 Å². The van der Waals surface area contributed by atoms with Crippen molar-refractivity contribution in [1.82, 2.24) is 24.8 Å². The molecule has 1 atom stereocenters. The van der Waals surface area contributed by atoms with Gasteiger partial charge in [-0.2, -0.15) is 4.98 Å². The first kappa shape index (κ1) is 17.1. The highest BCUT2D eigenvalue weighted by molar-refractivity contribution is 5.17. The van der Waals surface area contributed by atoms with E-state index < -0.39 is 0 Å². The lowest BCUT2D eigenvalue weighted by Crippen LogP contribution is -2.44. The average Bonchev–Trinajstić information content (AvgIpc) is 3.03. The molecule has 1 aliphatic rings. The number of likely N-dealkylation sites (N-methyl/N-ethyl adjacent to an activating group) is 2. The smallest absolute Gasteiger partial charge is 0.244 e. The summed E-state index contributed by atoms with van der Waals surface area (Å²) >= 11 is 0. The highest BCUT2D eigenvalue weighted by Crippen LogP contribution is 2.22. The third-order valence-electron chi connectivity index (χ3n) is 4.63. The van der Waals surface area contributed by atoms with Crippen LogP contribution >= 0.6 is 0 Å². The maximum absolute atomic E-state index is 5.58. The van der Waals surface area contributed by atoms with Crippen molar-refractivity contribution < 1.29 is 4.52 Å². The van der Waals surface area contributed by atoms with Gasteiger partial charge >= 0.3 is 0 Å². The van der Waals surface area contributed by atoms with Crippen molar-refractivity contribution in [3.63, 3.8) is 0 Å². The average molecular weight is 329 g/mol. The minimum absolute atomic E-state index is 0.0983. The molecular formula is C18H27N5O. The third-order valence-corrected chi connectivity index (χ3v) is 4.63. The number of benzene rings is 1. The quantitative estimate of drug-likeness (QED) is 0.803. The lowest BCUT2D eigenvalue weighted by atomic mass is 10.1. The van der Waals surface area contributed by atoms with Gasteiger partial charge in [-0.05, 0) is 33.1 Å². The molecule has 0 aliphatic carbocycles. The van der Waals surface area contributed by atoms with Crippen molar-refractivity contribution in [2.24, 2.45) is 0 Å². The van der Waals surface area contributed by atoms with Crippen molar-refractivity contribution in [3.05, 3.63) is 47.6 Å². The summed E-state index contributed by atoms with van der Waals surface area (Å²) in [6.07, 6.45) is 0.865. The van der Waals surface area contributed by atoms with E-state index in [1.165, 1.54) is 5.56 Å². The van der Waals surface area contributed by atoms with Crippen LogP contribution in [0.1, 0.15) is 23.3 Å².